The Labute approximate surface area is 139 Å². The highest BCUT2D eigenvalue weighted by Gasteiger charge is 2.25. The Morgan fingerprint density at radius 2 is 2.04 bits per heavy atom. The molecule has 0 spiro atoms. The summed E-state index contributed by atoms with van der Waals surface area (Å²) >= 11 is 0. The van der Waals surface area contributed by atoms with Gasteiger partial charge in [-0.3, -0.25) is 0 Å². The van der Waals surface area contributed by atoms with Gasteiger partial charge in [0.2, 0.25) is 0 Å². The number of fused-ring (bicyclic) bond motifs is 2. The molecular formula is C20H18O4. The summed E-state index contributed by atoms with van der Waals surface area (Å²) in [5.74, 6) is 1.93. The van der Waals surface area contributed by atoms with E-state index in [-0.39, 0.29) is 5.63 Å². The van der Waals surface area contributed by atoms with Crippen LogP contribution in [0.15, 0.2) is 45.6 Å². The summed E-state index contributed by atoms with van der Waals surface area (Å²) in [7, 11) is 1.63. The van der Waals surface area contributed by atoms with Crippen molar-refractivity contribution in [1.82, 2.24) is 0 Å². The minimum Gasteiger partial charge on any atom is -0.497 e. The van der Waals surface area contributed by atoms with Crippen LogP contribution in [0.3, 0.4) is 0 Å². The molecule has 1 aliphatic heterocycles. The first kappa shape index (κ1) is 14.8. The molecular weight excluding hydrogens is 304 g/mol. The zero-order valence-electron chi connectivity index (χ0n) is 13.9. The second-order valence-electron chi connectivity index (χ2n) is 6.22. The molecule has 0 aliphatic carbocycles. The lowest BCUT2D eigenvalue weighted by molar-refractivity contribution is 0.335. The molecule has 0 bridgehead atoms. The maximum Gasteiger partial charge on any atom is 0.336 e. The standard InChI is InChI=1S/C20H18O4/c1-11-10-23-19-12(2)20-17(8-15(11)19)16(9-18(21)24-20)13-5-4-6-14(7-13)22-3/h4-9,11H,10H2,1-3H3. The molecule has 0 N–H and O–H groups in total. The van der Waals surface area contributed by atoms with Crippen LogP contribution < -0.4 is 15.1 Å². The lowest BCUT2D eigenvalue weighted by Gasteiger charge is -2.12. The van der Waals surface area contributed by atoms with E-state index in [9.17, 15) is 4.79 Å². The second kappa shape index (κ2) is 5.41. The third-order valence-corrected chi connectivity index (χ3v) is 4.63. The molecule has 3 aromatic rings. The molecule has 4 rings (SSSR count). The molecule has 1 unspecified atom stereocenters. The lowest BCUT2D eigenvalue weighted by atomic mass is 9.94. The van der Waals surface area contributed by atoms with Gasteiger partial charge in [0.25, 0.3) is 0 Å². The zero-order chi connectivity index (χ0) is 16.8. The molecule has 0 amide bonds. The Morgan fingerprint density at radius 1 is 1.21 bits per heavy atom. The van der Waals surface area contributed by atoms with Crippen molar-refractivity contribution in [3.05, 3.63) is 57.9 Å². The van der Waals surface area contributed by atoms with Crippen LogP contribution in [0, 0.1) is 6.92 Å². The average Bonchev–Trinajstić information content (AvgIpc) is 2.97. The van der Waals surface area contributed by atoms with Crippen LogP contribution in [0.25, 0.3) is 22.1 Å². The smallest absolute Gasteiger partial charge is 0.336 e. The van der Waals surface area contributed by atoms with Crippen LogP contribution in [0.1, 0.15) is 24.0 Å². The molecule has 0 saturated carbocycles. The van der Waals surface area contributed by atoms with E-state index in [0.29, 0.717) is 18.1 Å². The topological polar surface area (TPSA) is 48.7 Å². The van der Waals surface area contributed by atoms with E-state index in [1.54, 1.807) is 13.2 Å². The van der Waals surface area contributed by atoms with Crippen LogP contribution in [0.4, 0.5) is 0 Å². The SMILES string of the molecule is COc1cccc(-c2cc(=O)oc3c(C)c4c(cc23)C(C)CO4)c1. The summed E-state index contributed by atoms with van der Waals surface area (Å²) in [6, 6.07) is 11.3. The highest BCUT2D eigenvalue weighted by molar-refractivity contribution is 5.96. The highest BCUT2D eigenvalue weighted by atomic mass is 16.5. The van der Waals surface area contributed by atoms with Gasteiger partial charge in [-0.1, -0.05) is 19.1 Å². The van der Waals surface area contributed by atoms with Gasteiger partial charge in [-0.05, 0) is 36.2 Å². The van der Waals surface area contributed by atoms with Crippen molar-refractivity contribution in [2.75, 3.05) is 13.7 Å². The molecule has 4 heteroatoms. The van der Waals surface area contributed by atoms with Crippen molar-refractivity contribution in [2.24, 2.45) is 0 Å². The molecule has 2 heterocycles. The van der Waals surface area contributed by atoms with Crippen molar-refractivity contribution in [3.63, 3.8) is 0 Å². The molecule has 1 aliphatic rings. The quantitative estimate of drug-likeness (QED) is 0.661. The molecule has 4 nitrogen and oxygen atoms in total. The van der Waals surface area contributed by atoms with Gasteiger partial charge in [0.15, 0.2) is 0 Å². The minimum absolute atomic E-state index is 0.327. The Bertz CT molecular complexity index is 1000. The van der Waals surface area contributed by atoms with Crippen LogP contribution in [0.5, 0.6) is 11.5 Å². The van der Waals surface area contributed by atoms with E-state index in [0.717, 1.165) is 39.1 Å². The maximum atomic E-state index is 12.1. The van der Waals surface area contributed by atoms with Crippen molar-refractivity contribution < 1.29 is 13.9 Å². The van der Waals surface area contributed by atoms with Gasteiger partial charge >= 0.3 is 5.63 Å². The maximum absolute atomic E-state index is 12.1. The molecule has 0 fully saturated rings. The molecule has 24 heavy (non-hydrogen) atoms. The van der Waals surface area contributed by atoms with Gasteiger partial charge in [0.05, 0.1) is 13.7 Å². The van der Waals surface area contributed by atoms with E-state index in [2.05, 4.69) is 13.0 Å². The summed E-state index contributed by atoms with van der Waals surface area (Å²) in [5.41, 5.74) is 4.05. The van der Waals surface area contributed by atoms with E-state index in [4.69, 9.17) is 13.9 Å². The Kier molecular flexibility index (Phi) is 3.34. The van der Waals surface area contributed by atoms with Crippen molar-refractivity contribution in [3.8, 4) is 22.6 Å². The minimum atomic E-state index is -0.366. The van der Waals surface area contributed by atoms with Gasteiger partial charge in [-0.25, -0.2) is 4.79 Å². The molecule has 2 aromatic carbocycles. The van der Waals surface area contributed by atoms with E-state index in [1.807, 2.05) is 31.2 Å². The van der Waals surface area contributed by atoms with Crippen LogP contribution in [0.2, 0.25) is 0 Å². The second-order valence-corrected chi connectivity index (χ2v) is 6.22. The summed E-state index contributed by atoms with van der Waals surface area (Å²) in [5, 5.41) is 0.927. The molecule has 0 radical (unpaired) electrons. The van der Waals surface area contributed by atoms with E-state index < -0.39 is 0 Å². The van der Waals surface area contributed by atoms with Crippen molar-refractivity contribution >= 4 is 11.0 Å². The third-order valence-electron chi connectivity index (χ3n) is 4.63. The van der Waals surface area contributed by atoms with E-state index in [1.165, 1.54) is 0 Å². The number of methoxy groups -OCH3 is 1. The normalized spacial score (nSPS) is 16.0. The fraction of sp³-hybridized carbons (Fsp3) is 0.250. The zero-order valence-corrected chi connectivity index (χ0v) is 13.9. The summed E-state index contributed by atoms with van der Waals surface area (Å²) in [6.07, 6.45) is 0. The number of benzene rings is 2. The van der Waals surface area contributed by atoms with Gasteiger partial charge in [-0.2, -0.15) is 0 Å². The van der Waals surface area contributed by atoms with Gasteiger partial charge in [0.1, 0.15) is 17.1 Å². The Hall–Kier alpha value is -2.75. The number of aryl methyl sites for hydroxylation is 1. The number of rotatable bonds is 2. The average molecular weight is 322 g/mol. The van der Waals surface area contributed by atoms with Gasteiger partial charge < -0.3 is 13.9 Å². The number of hydrogen-bond acceptors (Lipinski definition) is 4. The summed E-state index contributed by atoms with van der Waals surface area (Å²) < 4.78 is 16.6. The van der Waals surface area contributed by atoms with Crippen LogP contribution in [-0.4, -0.2) is 13.7 Å². The molecule has 122 valence electrons. The van der Waals surface area contributed by atoms with Gasteiger partial charge in [-0.15, -0.1) is 0 Å². The fourth-order valence-electron chi connectivity index (χ4n) is 3.35. The predicted molar refractivity (Wildman–Crippen MR) is 93.1 cm³/mol. The van der Waals surface area contributed by atoms with Crippen molar-refractivity contribution in [2.45, 2.75) is 19.8 Å². The van der Waals surface area contributed by atoms with Crippen LogP contribution >= 0.6 is 0 Å². The molecule has 1 atom stereocenters. The summed E-state index contributed by atoms with van der Waals surface area (Å²) in [4.78, 5) is 12.1. The Morgan fingerprint density at radius 3 is 2.83 bits per heavy atom. The van der Waals surface area contributed by atoms with Gasteiger partial charge in [0, 0.05) is 28.5 Å². The van der Waals surface area contributed by atoms with E-state index >= 15 is 0 Å². The monoisotopic (exact) mass is 322 g/mol. The predicted octanol–water partition coefficient (Wildman–Crippen LogP) is 4.27. The fourth-order valence-corrected chi connectivity index (χ4v) is 3.35. The first-order valence-corrected chi connectivity index (χ1v) is 7.97. The molecule has 0 saturated heterocycles. The number of hydrogen-bond donors (Lipinski definition) is 0. The summed E-state index contributed by atoms with van der Waals surface area (Å²) in [6.45, 7) is 4.74. The lowest BCUT2D eigenvalue weighted by Crippen LogP contribution is -2.00. The first-order chi connectivity index (χ1) is 11.6. The highest BCUT2D eigenvalue weighted by Crippen LogP contribution is 2.42. The number of ether oxygens (including phenoxy) is 2. The third kappa shape index (κ3) is 2.18. The largest absolute Gasteiger partial charge is 0.497 e. The van der Waals surface area contributed by atoms with Crippen molar-refractivity contribution in [1.29, 1.82) is 0 Å². The van der Waals surface area contributed by atoms with Crippen LogP contribution in [-0.2, 0) is 0 Å². The Balaban J connectivity index is 2.07. The molecule has 1 aromatic heterocycles. The first-order valence-electron chi connectivity index (χ1n) is 7.97.